The Hall–Kier alpha value is -2.94. The molecule has 39 heavy (non-hydrogen) atoms. The molecule has 2 amide bonds. The van der Waals surface area contributed by atoms with Crippen LogP contribution in [0.4, 0.5) is 0 Å². The molecule has 0 spiro atoms. The molecular weight excluding hydrogens is 550 g/mol. The van der Waals surface area contributed by atoms with Crippen molar-refractivity contribution in [1.82, 2.24) is 14.5 Å². The summed E-state index contributed by atoms with van der Waals surface area (Å²) in [6.45, 7) is 2.62. The number of hydrogen-bond acceptors (Lipinski definition) is 6. The number of thioether (sulfide) groups is 1. The van der Waals surface area contributed by atoms with Crippen LogP contribution in [0.25, 0.3) is 15.9 Å². The third-order valence-electron chi connectivity index (χ3n) is 7.54. The van der Waals surface area contributed by atoms with Gasteiger partial charge in [-0.25, -0.2) is 4.98 Å². The van der Waals surface area contributed by atoms with Gasteiger partial charge in [0.25, 0.3) is 11.5 Å². The summed E-state index contributed by atoms with van der Waals surface area (Å²) in [6, 6.07) is 16.1. The second kappa shape index (κ2) is 10.9. The van der Waals surface area contributed by atoms with Gasteiger partial charge in [0.1, 0.15) is 4.83 Å². The van der Waals surface area contributed by atoms with Gasteiger partial charge in [-0.1, -0.05) is 54.9 Å². The summed E-state index contributed by atoms with van der Waals surface area (Å²) in [5.74, 6) is 0.0160. The zero-order valence-corrected chi connectivity index (χ0v) is 24.0. The Morgan fingerprint density at radius 2 is 1.82 bits per heavy atom. The first-order valence-electron chi connectivity index (χ1n) is 13.3. The van der Waals surface area contributed by atoms with E-state index in [1.165, 1.54) is 21.5 Å². The first-order chi connectivity index (χ1) is 18.9. The van der Waals surface area contributed by atoms with Crippen molar-refractivity contribution in [3.63, 3.8) is 0 Å². The molecule has 1 aliphatic carbocycles. The Morgan fingerprint density at radius 3 is 2.59 bits per heavy atom. The molecule has 200 valence electrons. The zero-order valence-electron chi connectivity index (χ0n) is 21.6. The fraction of sp³-hybridized carbons (Fsp3) is 0.333. The summed E-state index contributed by atoms with van der Waals surface area (Å²) >= 11 is 8.91. The molecule has 6 rings (SSSR count). The lowest BCUT2D eigenvalue weighted by atomic mass is 9.89. The lowest BCUT2D eigenvalue weighted by Gasteiger charge is -2.23. The standard InChI is InChI=1S/C30H28ClN3O3S2/c1-18-10-15-22-24(17-18)38-26-25(22)29(37)34(21-7-3-2-4-8-21)30(32-26)39-23-9-5-6-16-33(28(23)36)27(35)19-11-13-20(31)14-12-19/h2-4,7-8,11-14,18,23H,5-6,9-10,15-17H2,1H3/t18-,23-/m0/s1. The highest BCUT2D eigenvalue weighted by Crippen LogP contribution is 2.38. The van der Waals surface area contributed by atoms with Gasteiger partial charge in [-0.2, -0.15) is 0 Å². The molecule has 3 heterocycles. The Balaban J connectivity index is 1.41. The summed E-state index contributed by atoms with van der Waals surface area (Å²) in [5, 5.41) is 1.20. The van der Waals surface area contributed by atoms with Crippen LogP contribution in [-0.4, -0.2) is 38.1 Å². The quantitative estimate of drug-likeness (QED) is 0.203. The maximum absolute atomic E-state index is 14.1. The van der Waals surface area contributed by atoms with Gasteiger partial charge in [-0.15, -0.1) is 11.3 Å². The number of nitrogens with zero attached hydrogens (tertiary/aromatic N) is 3. The SMILES string of the molecule is C[C@H]1CCc2c(sc3nc(S[C@H]4CCCCN(C(=O)c5ccc(Cl)cc5)C4=O)n(-c4ccccc4)c(=O)c23)C1. The molecule has 1 fully saturated rings. The Morgan fingerprint density at radius 1 is 1.05 bits per heavy atom. The smallest absolute Gasteiger partial charge is 0.267 e. The van der Waals surface area contributed by atoms with E-state index in [0.29, 0.717) is 40.0 Å². The number of amides is 2. The van der Waals surface area contributed by atoms with E-state index in [4.69, 9.17) is 16.6 Å². The summed E-state index contributed by atoms with van der Waals surface area (Å²) in [4.78, 5) is 49.5. The van der Waals surface area contributed by atoms with E-state index >= 15 is 0 Å². The van der Waals surface area contributed by atoms with Crippen LogP contribution in [0.2, 0.25) is 5.02 Å². The van der Waals surface area contributed by atoms with Crippen LogP contribution in [0.1, 0.15) is 53.4 Å². The highest BCUT2D eigenvalue weighted by atomic mass is 35.5. The fourth-order valence-electron chi connectivity index (χ4n) is 5.45. The molecule has 2 atom stereocenters. The van der Waals surface area contributed by atoms with Crippen molar-refractivity contribution >= 4 is 56.7 Å². The number of rotatable bonds is 4. The van der Waals surface area contributed by atoms with Crippen molar-refractivity contribution in [2.75, 3.05) is 6.54 Å². The van der Waals surface area contributed by atoms with E-state index < -0.39 is 5.25 Å². The van der Waals surface area contributed by atoms with Gasteiger partial charge in [0, 0.05) is 22.0 Å². The minimum Gasteiger partial charge on any atom is -0.278 e. The van der Waals surface area contributed by atoms with Crippen LogP contribution in [0, 0.1) is 5.92 Å². The topological polar surface area (TPSA) is 72.3 Å². The molecule has 0 bridgehead atoms. The number of likely N-dealkylation sites (tertiary alicyclic amines) is 1. The minimum absolute atomic E-state index is 0.0871. The average Bonchev–Trinajstić information content (AvgIpc) is 3.20. The molecule has 1 saturated heterocycles. The summed E-state index contributed by atoms with van der Waals surface area (Å²) in [6.07, 6.45) is 5.06. The Labute approximate surface area is 240 Å². The predicted octanol–water partition coefficient (Wildman–Crippen LogP) is 6.54. The molecule has 0 unspecified atom stereocenters. The van der Waals surface area contributed by atoms with Crippen molar-refractivity contribution in [2.24, 2.45) is 5.92 Å². The Kier molecular flexibility index (Phi) is 7.35. The molecule has 2 aromatic carbocycles. The molecule has 1 aliphatic heterocycles. The number of carbonyl (C=O) groups is 2. The van der Waals surface area contributed by atoms with E-state index in [0.717, 1.165) is 48.2 Å². The predicted molar refractivity (Wildman–Crippen MR) is 157 cm³/mol. The van der Waals surface area contributed by atoms with Crippen molar-refractivity contribution < 1.29 is 9.59 Å². The van der Waals surface area contributed by atoms with Gasteiger partial charge < -0.3 is 0 Å². The fourth-order valence-corrected chi connectivity index (χ4v) is 8.21. The first kappa shape index (κ1) is 26.3. The molecular formula is C30H28ClN3O3S2. The lowest BCUT2D eigenvalue weighted by molar-refractivity contribution is -0.127. The number of imide groups is 1. The largest absolute Gasteiger partial charge is 0.278 e. The molecule has 6 nitrogen and oxygen atoms in total. The minimum atomic E-state index is -0.530. The number of thiophene rings is 1. The van der Waals surface area contributed by atoms with Gasteiger partial charge in [-0.3, -0.25) is 23.9 Å². The average molecular weight is 578 g/mol. The van der Waals surface area contributed by atoms with Crippen LogP contribution in [0.3, 0.4) is 0 Å². The van der Waals surface area contributed by atoms with Gasteiger partial charge in [-0.05, 0) is 80.0 Å². The number of aryl methyl sites for hydroxylation is 1. The van der Waals surface area contributed by atoms with Crippen LogP contribution in [-0.2, 0) is 17.6 Å². The van der Waals surface area contributed by atoms with Crippen molar-refractivity contribution in [1.29, 1.82) is 0 Å². The number of benzene rings is 2. The molecule has 2 aliphatic rings. The van der Waals surface area contributed by atoms with Crippen LogP contribution < -0.4 is 5.56 Å². The number of halogens is 1. The number of para-hydroxylation sites is 1. The third kappa shape index (κ3) is 5.06. The zero-order chi connectivity index (χ0) is 27.1. The molecule has 0 radical (unpaired) electrons. The molecule has 0 N–H and O–H groups in total. The molecule has 4 aromatic rings. The van der Waals surface area contributed by atoms with Gasteiger partial charge >= 0.3 is 0 Å². The lowest BCUT2D eigenvalue weighted by Crippen LogP contribution is -2.41. The van der Waals surface area contributed by atoms with Gasteiger partial charge in [0.05, 0.1) is 16.3 Å². The van der Waals surface area contributed by atoms with Crippen molar-refractivity contribution in [3.05, 3.63) is 86.0 Å². The molecule has 9 heteroatoms. The van der Waals surface area contributed by atoms with Gasteiger partial charge in [0.15, 0.2) is 5.16 Å². The maximum atomic E-state index is 14.1. The monoisotopic (exact) mass is 577 g/mol. The second-order valence-electron chi connectivity index (χ2n) is 10.3. The maximum Gasteiger partial charge on any atom is 0.267 e. The summed E-state index contributed by atoms with van der Waals surface area (Å²) in [5.41, 5.74) is 2.20. The Bertz CT molecular complexity index is 1610. The van der Waals surface area contributed by atoms with Gasteiger partial charge in [0.2, 0.25) is 5.91 Å². The normalized spacial score (nSPS) is 19.6. The van der Waals surface area contributed by atoms with Crippen LogP contribution in [0.5, 0.6) is 0 Å². The highest BCUT2D eigenvalue weighted by Gasteiger charge is 2.34. The number of fused-ring (bicyclic) bond motifs is 3. The molecule has 0 saturated carbocycles. The number of aromatic nitrogens is 2. The van der Waals surface area contributed by atoms with E-state index in [1.54, 1.807) is 40.2 Å². The van der Waals surface area contributed by atoms with Crippen LogP contribution >= 0.6 is 34.7 Å². The highest BCUT2D eigenvalue weighted by molar-refractivity contribution is 8.00. The van der Waals surface area contributed by atoms with E-state index in [-0.39, 0.29) is 17.4 Å². The van der Waals surface area contributed by atoms with E-state index in [2.05, 4.69) is 6.92 Å². The number of hydrogen-bond donors (Lipinski definition) is 0. The van der Waals surface area contributed by atoms with Crippen LogP contribution in [0.15, 0.2) is 64.5 Å². The third-order valence-corrected chi connectivity index (χ3v) is 10.1. The summed E-state index contributed by atoms with van der Waals surface area (Å²) < 4.78 is 1.65. The van der Waals surface area contributed by atoms with E-state index in [9.17, 15) is 14.4 Å². The van der Waals surface area contributed by atoms with E-state index in [1.807, 2.05) is 30.3 Å². The second-order valence-corrected chi connectivity index (χ2v) is 13.0. The number of carbonyl (C=O) groups excluding carboxylic acids is 2. The molecule has 2 aromatic heterocycles. The summed E-state index contributed by atoms with van der Waals surface area (Å²) in [7, 11) is 0. The van der Waals surface area contributed by atoms with Crippen molar-refractivity contribution in [2.45, 2.75) is 55.9 Å². The first-order valence-corrected chi connectivity index (χ1v) is 15.4. The van der Waals surface area contributed by atoms with Crippen molar-refractivity contribution in [3.8, 4) is 5.69 Å².